The van der Waals surface area contributed by atoms with Crippen LogP contribution in [-0.4, -0.2) is 38.2 Å². The minimum Gasteiger partial charge on any atom is -0.496 e. The van der Waals surface area contributed by atoms with Gasteiger partial charge in [-0.25, -0.2) is 0 Å². The Kier molecular flexibility index (Phi) is 6.66. The molecule has 1 saturated heterocycles. The van der Waals surface area contributed by atoms with Gasteiger partial charge in [0.05, 0.1) is 38.5 Å². The van der Waals surface area contributed by atoms with Gasteiger partial charge in [-0.3, -0.25) is 9.69 Å². The highest BCUT2D eigenvalue weighted by Gasteiger charge is 2.33. The monoisotopic (exact) mass is 431 g/mol. The van der Waals surface area contributed by atoms with Crippen molar-refractivity contribution < 1.29 is 23.7 Å². The fourth-order valence-electron chi connectivity index (χ4n) is 2.86. The van der Waals surface area contributed by atoms with E-state index >= 15 is 0 Å². The molecule has 29 heavy (non-hydrogen) atoms. The lowest BCUT2D eigenvalue weighted by Crippen LogP contribution is -2.27. The number of thioether (sulfide) groups is 1. The van der Waals surface area contributed by atoms with Crippen LogP contribution < -0.4 is 23.8 Å². The lowest BCUT2D eigenvalue weighted by molar-refractivity contribution is -0.113. The van der Waals surface area contributed by atoms with Gasteiger partial charge < -0.3 is 18.9 Å². The van der Waals surface area contributed by atoms with Crippen molar-refractivity contribution in [2.75, 3.05) is 32.8 Å². The summed E-state index contributed by atoms with van der Waals surface area (Å²) in [5.74, 6) is 2.20. The van der Waals surface area contributed by atoms with Crippen molar-refractivity contribution in [3.05, 3.63) is 46.9 Å². The highest BCUT2D eigenvalue weighted by atomic mass is 32.2. The Morgan fingerprint density at radius 1 is 1.00 bits per heavy atom. The van der Waals surface area contributed by atoms with Crippen LogP contribution in [0.2, 0.25) is 0 Å². The van der Waals surface area contributed by atoms with E-state index < -0.39 is 0 Å². The summed E-state index contributed by atoms with van der Waals surface area (Å²) >= 11 is 6.68. The van der Waals surface area contributed by atoms with Gasteiger partial charge in [-0.05, 0) is 43.3 Å². The van der Waals surface area contributed by atoms with Gasteiger partial charge in [-0.2, -0.15) is 0 Å². The Labute approximate surface area is 179 Å². The van der Waals surface area contributed by atoms with Crippen molar-refractivity contribution in [2.24, 2.45) is 0 Å². The third-order valence-electron chi connectivity index (χ3n) is 4.22. The standard InChI is InChI=1S/C21H21NO5S2/c1-5-27-15-8-6-14(7-9-15)22-20(23)19(29-21(22)28)11-13-10-17(25-3)18(26-4)12-16(13)24-2/h6-12H,5H2,1-4H3/b19-11-. The molecule has 1 aliphatic rings. The molecule has 0 atom stereocenters. The normalized spacial score (nSPS) is 15.0. The number of thiocarbonyl (C=S) groups is 1. The quantitative estimate of drug-likeness (QED) is 0.472. The number of amides is 1. The number of carbonyl (C=O) groups excluding carboxylic acids is 1. The first-order chi connectivity index (χ1) is 14.0. The Morgan fingerprint density at radius 2 is 1.62 bits per heavy atom. The van der Waals surface area contributed by atoms with Crippen LogP contribution in [0.5, 0.6) is 23.0 Å². The van der Waals surface area contributed by atoms with Crippen molar-refractivity contribution >= 4 is 46.0 Å². The number of rotatable bonds is 7. The second-order valence-corrected chi connectivity index (χ2v) is 7.57. The zero-order chi connectivity index (χ0) is 21.0. The van der Waals surface area contributed by atoms with Crippen LogP contribution in [-0.2, 0) is 4.79 Å². The number of methoxy groups -OCH3 is 3. The Hall–Kier alpha value is -2.71. The van der Waals surface area contributed by atoms with Crippen LogP contribution in [0, 0.1) is 0 Å². The van der Waals surface area contributed by atoms with Crippen LogP contribution >= 0.6 is 24.0 Å². The Balaban J connectivity index is 1.94. The molecule has 8 heteroatoms. The maximum atomic E-state index is 13.0. The molecule has 3 rings (SSSR count). The maximum absolute atomic E-state index is 13.0. The molecule has 2 aromatic carbocycles. The predicted molar refractivity (Wildman–Crippen MR) is 119 cm³/mol. The molecule has 0 aliphatic carbocycles. The van der Waals surface area contributed by atoms with Gasteiger partial charge in [0.2, 0.25) is 0 Å². The highest BCUT2D eigenvalue weighted by Crippen LogP contribution is 2.40. The second kappa shape index (κ2) is 9.19. The first kappa shape index (κ1) is 21.0. The number of ether oxygens (including phenoxy) is 4. The molecular formula is C21H21NO5S2. The molecule has 0 saturated carbocycles. The first-order valence-electron chi connectivity index (χ1n) is 8.83. The summed E-state index contributed by atoms with van der Waals surface area (Å²) < 4.78 is 22.0. The molecule has 1 aliphatic heterocycles. The third kappa shape index (κ3) is 4.33. The molecule has 6 nitrogen and oxygen atoms in total. The van der Waals surface area contributed by atoms with Crippen LogP contribution in [0.1, 0.15) is 12.5 Å². The molecule has 0 aromatic heterocycles. The van der Waals surface area contributed by atoms with Gasteiger partial charge in [0.25, 0.3) is 5.91 Å². The fraction of sp³-hybridized carbons (Fsp3) is 0.238. The highest BCUT2D eigenvalue weighted by molar-refractivity contribution is 8.27. The van der Waals surface area contributed by atoms with Gasteiger partial charge in [-0.1, -0.05) is 24.0 Å². The largest absolute Gasteiger partial charge is 0.496 e. The summed E-state index contributed by atoms with van der Waals surface area (Å²) in [6.45, 7) is 2.50. The molecular weight excluding hydrogens is 410 g/mol. The molecule has 152 valence electrons. The molecule has 0 N–H and O–H groups in total. The van der Waals surface area contributed by atoms with Crippen LogP contribution in [0.25, 0.3) is 6.08 Å². The minimum atomic E-state index is -0.194. The predicted octanol–water partition coefficient (Wildman–Crippen LogP) is 4.52. The van der Waals surface area contributed by atoms with Crippen LogP contribution in [0.4, 0.5) is 5.69 Å². The molecule has 2 aromatic rings. The molecule has 1 heterocycles. The zero-order valence-corrected chi connectivity index (χ0v) is 18.2. The van der Waals surface area contributed by atoms with Crippen LogP contribution in [0.15, 0.2) is 41.3 Å². The van der Waals surface area contributed by atoms with Crippen molar-refractivity contribution in [1.82, 2.24) is 0 Å². The number of carbonyl (C=O) groups is 1. The zero-order valence-electron chi connectivity index (χ0n) is 16.6. The van der Waals surface area contributed by atoms with E-state index in [9.17, 15) is 4.79 Å². The number of hydrogen-bond donors (Lipinski definition) is 0. The summed E-state index contributed by atoms with van der Waals surface area (Å²) in [5, 5.41) is 0. The number of hydrogen-bond acceptors (Lipinski definition) is 7. The Bertz CT molecular complexity index is 956. The molecule has 0 unspecified atom stereocenters. The number of nitrogens with zero attached hydrogens (tertiary/aromatic N) is 1. The summed E-state index contributed by atoms with van der Waals surface area (Å²) in [5.41, 5.74) is 1.39. The lowest BCUT2D eigenvalue weighted by Gasteiger charge is -2.15. The van der Waals surface area contributed by atoms with E-state index in [2.05, 4.69) is 0 Å². The smallest absolute Gasteiger partial charge is 0.270 e. The molecule has 1 fully saturated rings. The SMILES string of the molecule is CCOc1ccc(N2C(=O)/C(=C/c3cc(OC)c(OC)cc3OC)SC2=S)cc1. The number of benzene rings is 2. The van der Waals surface area contributed by atoms with E-state index in [0.717, 1.165) is 5.75 Å². The van der Waals surface area contributed by atoms with Gasteiger partial charge >= 0.3 is 0 Å². The molecule has 0 radical (unpaired) electrons. The summed E-state index contributed by atoms with van der Waals surface area (Å²) in [4.78, 5) is 15.0. The lowest BCUT2D eigenvalue weighted by atomic mass is 10.1. The van der Waals surface area contributed by atoms with E-state index in [1.165, 1.54) is 16.7 Å². The van der Waals surface area contributed by atoms with E-state index in [1.54, 1.807) is 39.5 Å². The van der Waals surface area contributed by atoms with Crippen molar-refractivity contribution in [3.8, 4) is 23.0 Å². The third-order valence-corrected chi connectivity index (χ3v) is 5.52. The summed E-state index contributed by atoms with van der Waals surface area (Å²) in [6, 6.07) is 10.8. The second-order valence-electron chi connectivity index (χ2n) is 5.89. The summed E-state index contributed by atoms with van der Waals surface area (Å²) in [6.07, 6.45) is 1.74. The average molecular weight is 432 g/mol. The van der Waals surface area contributed by atoms with E-state index in [-0.39, 0.29) is 5.91 Å². The minimum absolute atomic E-state index is 0.194. The van der Waals surface area contributed by atoms with Crippen LogP contribution in [0.3, 0.4) is 0 Å². The van der Waals surface area contributed by atoms with Crippen molar-refractivity contribution in [3.63, 3.8) is 0 Å². The average Bonchev–Trinajstić information content (AvgIpc) is 3.01. The van der Waals surface area contributed by atoms with Gasteiger partial charge in [0, 0.05) is 11.6 Å². The fourth-order valence-corrected chi connectivity index (χ4v) is 4.15. The van der Waals surface area contributed by atoms with E-state index in [4.69, 9.17) is 31.2 Å². The molecule has 0 bridgehead atoms. The van der Waals surface area contributed by atoms with E-state index in [1.807, 2.05) is 31.2 Å². The van der Waals surface area contributed by atoms with Gasteiger partial charge in [0.1, 0.15) is 11.5 Å². The van der Waals surface area contributed by atoms with E-state index in [0.29, 0.717) is 44.3 Å². The van der Waals surface area contributed by atoms with Crippen molar-refractivity contribution in [1.29, 1.82) is 0 Å². The number of anilines is 1. The maximum Gasteiger partial charge on any atom is 0.270 e. The molecule has 1 amide bonds. The Morgan fingerprint density at radius 3 is 2.21 bits per heavy atom. The summed E-state index contributed by atoms with van der Waals surface area (Å²) in [7, 11) is 4.67. The molecule has 0 spiro atoms. The first-order valence-corrected chi connectivity index (χ1v) is 10.1. The topological polar surface area (TPSA) is 57.2 Å². The van der Waals surface area contributed by atoms with Gasteiger partial charge in [0.15, 0.2) is 15.8 Å². The van der Waals surface area contributed by atoms with Gasteiger partial charge in [-0.15, -0.1) is 0 Å². The van der Waals surface area contributed by atoms with Crippen molar-refractivity contribution in [2.45, 2.75) is 6.92 Å².